The molecule has 0 aliphatic rings. The Bertz CT molecular complexity index is 526. The first kappa shape index (κ1) is 16.8. The third-order valence-corrected chi connectivity index (χ3v) is 2.55. The molecule has 0 aliphatic heterocycles. The molecular formula is C13H15F3N2O3. The molecule has 1 rings (SSSR count). The van der Waals surface area contributed by atoms with Gasteiger partial charge in [0.05, 0.1) is 0 Å². The zero-order valence-electron chi connectivity index (χ0n) is 11.4. The number of urea groups is 1. The van der Waals surface area contributed by atoms with Crippen LogP contribution < -0.4 is 10.6 Å². The normalized spacial score (nSPS) is 12.1. The van der Waals surface area contributed by atoms with Crippen LogP contribution in [0.3, 0.4) is 0 Å². The Kier molecular flexibility index (Phi) is 5.57. The summed E-state index contributed by atoms with van der Waals surface area (Å²) in [5.41, 5.74) is -0.322. The summed E-state index contributed by atoms with van der Waals surface area (Å²) in [5, 5.41) is 13.2. The highest BCUT2D eigenvalue weighted by atomic mass is 19.2. The van der Waals surface area contributed by atoms with E-state index in [0.29, 0.717) is 12.1 Å². The van der Waals surface area contributed by atoms with Gasteiger partial charge in [0, 0.05) is 17.8 Å². The highest BCUT2D eigenvalue weighted by molar-refractivity contribution is 5.92. The highest BCUT2D eigenvalue weighted by Gasteiger charge is 2.21. The number of carboxylic acid groups (broad SMARTS) is 1. The number of carbonyl (C=O) groups is 2. The van der Waals surface area contributed by atoms with E-state index < -0.39 is 35.5 Å². The van der Waals surface area contributed by atoms with Gasteiger partial charge in [-0.2, -0.15) is 0 Å². The highest BCUT2D eigenvalue weighted by Crippen LogP contribution is 2.17. The topological polar surface area (TPSA) is 78.4 Å². The first-order chi connectivity index (χ1) is 9.70. The van der Waals surface area contributed by atoms with Crippen LogP contribution in [0.15, 0.2) is 12.1 Å². The molecule has 2 amide bonds. The van der Waals surface area contributed by atoms with Crippen LogP contribution in [0.5, 0.6) is 0 Å². The van der Waals surface area contributed by atoms with Crippen molar-refractivity contribution < 1.29 is 27.9 Å². The van der Waals surface area contributed by atoms with Gasteiger partial charge in [-0.1, -0.05) is 13.8 Å². The van der Waals surface area contributed by atoms with Crippen molar-refractivity contribution in [1.82, 2.24) is 5.32 Å². The molecule has 21 heavy (non-hydrogen) atoms. The molecular weight excluding hydrogens is 289 g/mol. The molecule has 0 fully saturated rings. The maximum absolute atomic E-state index is 13.0. The lowest BCUT2D eigenvalue weighted by atomic mass is 10.0. The van der Waals surface area contributed by atoms with Crippen LogP contribution >= 0.6 is 0 Å². The molecule has 0 saturated heterocycles. The largest absolute Gasteiger partial charge is 0.480 e. The quantitative estimate of drug-likeness (QED) is 0.732. The number of hydrogen-bond donors (Lipinski definition) is 3. The molecule has 0 heterocycles. The van der Waals surface area contributed by atoms with Gasteiger partial charge < -0.3 is 15.7 Å². The van der Waals surface area contributed by atoms with E-state index in [1.165, 1.54) is 0 Å². The number of nitrogens with one attached hydrogen (secondary N) is 2. The second kappa shape index (κ2) is 6.96. The molecule has 0 spiro atoms. The average molecular weight is 304 g/mol. The number of rotatable bonds is 5. The average Bonchev–Trinajstić information content (AvgIpc) is 2.34. The lowest BCUT2D eigenvalue weighted by Crippen LogP contribution is -2.43. The van der Waals surface area contributed by atoms with Gasteiger partial charge in [0.1, 0.15) is 6.04 Å². The van der Waals surface area contributed by atoms with Crippen molar-refractivity contribution in [1.29, 1.82) is 0 Å². The van der Waals surface area contributed by atoms with E-state index in [1.807, 2.05) is 5.32 Å². The number of hydrogen-bond acceptors (Lipinski definition) is 2. The van der Waals surface area contributed by atoms with Crippen molar-refractivity contribution in [2.45, 2.75) is 26.3 Å². The van der Waals surface area contributed by atoms with Crippen molar-refractivity contribution in [3.8, 4) is 0 Å². The number of benzene rings is 1. The first-order valence-corrected chi connectivity index (χ1v) is 6.15. The van der Waals surface area contributed by atoms with Gasteiger partial charge in [-0.05, 0) is 12.3 Å². The lowest BCUT2D eigenvalue weighted by Gasteiger charge is -2.17. The number of anilines is 1. The predicted molar refractivity (Wildman–Crippen MR) is 69.3 cm³/mol. The Hall–Kier alpha value is -2.25. The van der Waals surface area contributed by atoms with Crippen LogP contribution in [0.4, 0.5) is 23.7 Å². The van der Waals surface area contributed by atoms with E-state index in [2.05, 4.69) is 5.32 Å². The molecule has 8 heteroatoms. The lowest BCUT2D eigenvalue weighted by molar-refractivity contribution is -0.139. The Balaban J connectivity index is 2.74. The molecule has 1 unspecified atom stereocenters. The van der Waals surface area contributed by atoms with Crippen LogP contribution in [0.25, 0.3) is 0 Å². The van der Waals surface area contributed by atoms with E-state index >= 15 is 0 Å². The zero-order valence-corrected chi connectivity index (χ0v) is 11.4. The van der Waals surface area contributed by atoms with Gasteiger partial charge in [-0.3, -0.25) is 0 Å². The van der Waals surface area contributed by atoms with Crippen molar-refractivity contribution >= 4 is 17.7 Å². The molecule has 0 aromatic heterocycles. The van der Waals surface area contributed by atoms with Crippen LogP contribution in [0.1, 0.15) is 20.3 Å². The van der Waals surface area contributed by atoms with Crippen LogP contribution in [-0.4, -0.2) is 23.1 Å². The van der Waals surface area contributed by atoms with Gasteiger partial charge in [-0.25, -0.2) is 22.8 Å². The van der Waals surface area contributed by atoms with Crippen molar-refractivity contribution in [2.75, 3.05) is 5.32 Å². The van der Waals surface area contributed by atoms with E-state index in [1.54, 1.807) is 13.8 Å². The summed E-state index contributed by atoms with van der Waals surface area (Å²) in [6.07, 6.45) is 0.189. The summed E-state index contributed by atoms with van der Waals surface area (Å²) >= 11 is 0. The minimum absolute atomic E-state index is 0.0205. The molecule has 1 atom stereocenters. The third kappa shape index (κ3) is 4.97. The Morgan fingerprint density at radius 2 is 1.71 bits per heavy atom. The number of carboxylic acids is 1. The van der Waals surface area contributed by atoms with Gasteiger partial charge in [0.25, 0.3) is 0 Å². The van der Waals surface area contributed by atoms with E-state index in [4.69, 9.17) is 5.11 Å². The summed E-state index contributed by atoms with van der Waals surface area (Å²) < 4.78 is 38.7. The van der Waals surface area contributed by atoms with Crippen molar-refractivity contribution in [2.24, 2.45) is 5.92 Å². The van der Waals surface area contributed by atoms with Crippen molar-refractivity contribution in [3.63, 3.8) is 0 Å². The van der Waals surface area contributed by atoms with Gasteiger partial charge in [-0.15, -0.1) is 0 Å². The fourth-order valence-electron chi connectivity index (χ4n) is 1.65. The smallest absolute Gasteiger partial charge is 0.326 e. The summed E-state index contributed by atoms with van der Waals surface area (Å²) in [5.74, 6) is -5.77. The number of carbonyl (C=O) groups excluding carboxylic acids is 1. The Morgan fingerprint density at radius 3 is 2.14 bits per heavy atom. The molecule has 116 valence electrons. The van der Waals surface area contributed by atoms with Gasteiger partial charge in [0.15, 0.2) is 17.5 Å². The predicted octanol–water partition coefficient (Wildman–Crippen LogP) is 2.72. The Labute approximate surface area is 119 Å². The fourth-order valence-corrected chi connectivity index (χ4v) is 1.65. The first-order valence-electron chi connectivity index (χ1n) is 6.15. The minimum atomic E-state index is -1.65. The van der Waals surface area contributed by atoms with Crippen molar-refractivity contribution in [3.05, 3.63) is 29.6 Å². The maximum atomic E-state index is 13.0. The van der Waals surface area contributed by atoms with Gasteiger partial charge >= 0.3 is 12.0 Å². The minimum Gasteiger partial charge on any atom is -0.480 e. The summed E-state index contributed by atoms with van der Waals surface area (Å²) in [7, 11) is 0. The van der Waals surface area contributed by atoms with Crippen LogP contribution in [0.2, 0.25) is 0 Å². The summed E-state index contributed by atoms with van der Waals surface area (Å²) in [6.45, 7) is 3.56. The zero-order chi connectivity index (χ0) is 16.2. The molecule has 1 aromatic carbocycles. The molecule has 5 nitrogen and oxygen atoms in total. The number of amides is 2. The van der Waals surface area contributed by atoms with E-state index in [-0.39, 0.29) is 18.0 Å². The van der Waals surface area contributed by atoms with Gasteiger partial charge in [0.2, 0.25) is 0 Å². The number of halogens is 3. The Morgan fingerprint density at radius 1 is 1.19 bits per heavy atom. The summed E-state index contributed by atoms with van der Waals surface area (Å²) in [4.78, 5) is 22.6. The monoisotopic (exact) mass is 304 g/mol. The van der Waals surface area contributed by atoms with Crippen LogP contribution in [0, 0.1) is 23.4 Å². The van der Waals surface area contributed by atoms with E-state index in [0.717, 1.165) is 0 Å². The van der Waals surface area contributed by atoms with Crippen LogP contribution in [-0.2, 0) is 4.79 Å². The summed E-state index contributed by atoms with van der Waals surface area (Å²) in [6, 6.07) is -0.902. The second-order valence-corrected chi connectivity index (χ2v) is 4.87. The van der Waals surface area contributed by atoms with E-state index in [9.17, 15) is 22.8 Å². The standard InChI is InChI=1S/C13H15F3N2O3/c1-6(2)3-10(12(19)20)18-13(21)17-7-4-8(14)11(16)9(15)5-7/h4-6,10H,3H2,1-2H3,(H,19,20)(H2,17,18,21). The molecule has 1 aromatic rings. The third-order valence-electron chi connectivity index (χ3n) is 2.55. The fraction of sp³-hybridized carbons (Fsp3) is 0.385. The number of aliphatic carboxylic acids is 1. The molecule has 0 aliphatic carbocycles. The molecule has 0 saturated carbocycles. The molecule has 0 radical (unpaired) electrons. The maximum Gasteiger partial charge on any atom is 0.326 e. The SMILES string of the molecule is CC(C)CC(NC(=O)Nc1cc(F)c(F)c(F)c1)C(=O)O. The second-order valence-electron chi connectivity index (χ2n) is 4.87. The molecule has 3 N–H and O–H groups in total. The molecule has 0 bridgehead atoms.